The molecule has 3 atom stereocenters. The molecule has 1 aromatic rings. The Kier molecular flexibility index (Phi) is 4.61. The number of halogens is 1. The van der Waals surface area contributed by atoms with E-state index < -0.39 is 18.2 Å². The standard InChI is InChI=1S/C17H20FNO4/c18-13-3-1-11(2-4-13)9-12-7-8-19(10-12)16(20)14-5-6-15(23-14)17(21)22/h1-4,12,14-15H,5-10H2,(H,21,22)/t12?,14-,15+/m0/s1. The van der Waals surface area contributed by atoms with E-state index in [-0.39, 0.29) is 11.7 Å². The van der Waals surface area contributed by atoms with E-state index in [4.69, 9.17) is 9.84 Å². The van der Waals surface area contributed by atoms with Gasteiger partial charge < -0.3 is 14.7 Å². The third kappa shape index (κ3) is 3.69. The van der Waals surface area contributed by atoms with E-state index >= 15 is 0 Å². The average molecular weight is 321 g/mol. The summed E-state index contributed by atoms with van der Waals surface area (Å²) in [5.74, 6) is -1.00. The van der Waals surface area contributed by atoms with Crippen molar-refractivity contribution in [3.05, 3.63) is 35.6 Å². The lowest BCUT2D eigenvalue weighted by Crippen LogP contribution is -2.38. The minimum Gasteiger partial charge on any atom is -0.479 e. The molecular weight excluding hydrogens is 301 g/mol. The molecule has 2 heterocycles. The van der Waals surface area contributed by atoms with Crippen LogP contribution in [0.2, 0.25) is 0 Å². The maximum absolute atomic E-state index is 12.9. The second kappa shape index (κ2) is 6.66. The Morgan fingerprint density at radius 1 is 1.17 bits per heavy atom. The molecule has 0 bridgehead atoms. The van der Waals surface area contributed by atoms with Gasteiger partial charge in [0.25, 0.3) is 5.91 Å². The van der Waals surface area contributed by atoms with Crippen molar-refractivity contribution in [1.29, 1.82) is 0 Å². The van der Waals surface area contributed by atoms with E-state index in [9.17, 15) is 14.0 Å². The molecule has 1 N–H and O–H groups in total. The van der Waals surface area contributed by atoms with Crippen LogP contribution in [-0.2, 0) is 20.7 Å². The van der Waals surface area contributed by atoms with E-state index in [2.05, 4.69) is 0 Å². The Morgan fingerprint density at radius 3 is 2.52 bits per heavy atom. The first kappa shape index (κ1) is 15.9. The quantitative estimate of drug-likeness (QED) is 0.919. The number of aliphatic carboxylic acids is 1. The molecule has 1 aromatic carbocycles. The number of likely N-dealkylation sites (tertiary alicyclic amines) is 1. The van der Waals surface area contributed by atoms with Gasteiger partial charge in [-0.1, -0.05) is 12.1 Å². The number of hydrogen-bond acceptors (Lipinski definition) is 3. The van der Waals surface area contributed by atoms with Crippen molar-refractivity contribution < 1.29 is 23.8 Å². The summed E-state index contributed by atoms with van der Waals surface area (Å²) in [6.07, 6.45) is 1.08. The van der Waals surface area contributed by atoms with Gasteiger partial charge >= 0.3 is 5.97 Å². The topological polar surface area (TPSA) is 66.8 Å². The molecule has 5 nitrogen and oxygen atoms in total. The van der Waals surface area contributed by atoms with Gasteiger partial charge in [0.2, 0.25) is 0 Å². The van der Waals surface area contributed by atoms with Crippen molar-refractivity contribution in [2.24, 2.45) is 5.92 Å². The van der Waals surface area contributed by atoms with E-state index in [0.29, 0.717) is 31.8 Å². The van der Waals surface area contributed by atoms with Gasteiger partial charge in [-0.2, -0.15) is 0 Å². The number of ether oxygens (including phenoxy) is 1. The molecule has 2 fully saturated rings. The zero-order valence-electron chi connectivity index (χ0n) is 12.8. The Morgan fingerprint density at radius 2 is 1.87 bits per heavy atom. The Labute approximate surface area is 134 Å². The number of benzene rings is 1. The van der Waals surface area contributed by atoms with Gasteiger partial charge in [0.1, 0.15) is 11.9 Å². The summed E-state index contributed by atoms with van der Waals surface area (Å²) in [4.78, 5) is 25.1. The van der Waals surface area contributed by atoms with Crippen molar-refractivity contribution in [2.45, 2.75) is 37.9 Å². The van der Waals surface area contributed by atoms with Crippen LogP contribution < -0.4 is 0 Å². The van der Waals surface area contributed by atoms with Crippen LogP contribution in [0.5, 0.6) is 0 Å². The summed E-state index contributed by atoms with van der Waals surface area (Å²) < 4.78 is 18.3. The fraction of sp³-hybridized carbons (Fsp3) is 0.529. The van der Waals surface area contributed by atoms with Gasteiger partial charge in [-0.25, -0.2) is 9.18 Å². The molecule has 1 unspecified atom stereocenters. The zero-order valence-corrected chi connectivity index (χ0v) is 12.8. The van der Waals surface area contributed by atoms with Crippen LogP contribution in [0.4, 0.5) is 4.39 Å². The van der Waals surface area contributed by atoms with Crippen molar-refractivity contribution in [1.82, 2.24) is 4.90 Å². The summed E-state index contributed by atoms with van der Waals surface area (Å²) in [6, 6.07) is 6.45. The largest absolute Gasteiger partial charge is 0.479 e. The molecule has 6 heteroatoms. The third-order valence-corrected chi connectivity index (χ3v) is 4.61. The number of carbonyl (C=O) groups excluding carboxylic acids is 1. The summed E-state index contributed by atoms with van der Waals surface area (Å²) in [7, 11) is 0. The Balaban J connectivity index is 1.52. The minimum absolute atomic E-state index is 0.102. The van der Waals surface area contributed by atoms with Crippen LogP contribution in [0, 0.1) is 11.7 Å². The van der Waals surface area contributed by atoms with Gasteiger partial charge in [0.05, 0.1) is 0 Å². The van der Waals surface area contributed by atoms with Crippen LogP contribution in [0.25, 0.3) is 0 Å². The second-order valence-corrected chi connectivity index (χ2v) is 6.30. The van der Waals surface area contributed by atoms with Crippen molar-refractivity contribution in [2.75, 3.05) is 13.1 Å². The highest BCUT2D eigenvalue weighted by Crippen LogP contribution is 2.26. The molecule has 124 valence electrons. The molecule has 0 saturated carbocycles. The first-order chi connectivity index (χ1) is 11.0. The molecule has 3 rings (SSSR count). The minimum atomic E-state index is -1.00. The van der Waals surface area contributed by atoms with Crippen LogP contribution in [-0.4, -0.2) is 47.2 Å². The fourth-order valence-electron chi connectivity index (χ4n) is 3.36. The number of carboxylic acids is 1. The second-order valence-electron chi connectivity index (χ2n) is 6.30. The molecule has 2 saturated heterocycles. The maximum Gasteiger partial charge on any atom is 0.332 e. The first-order valence-electron chi connectivity index (χ1n) is 7.94. The predicted octanol–water partition coefficient (Wildman–Crippen LogP) is 1.85. The smallest absolute Gasteiger partial charge is 0.332 e. The van der Waals surface area contributed by atoms with Crippen molar-refractivity contribution in [3.8, 4) is 0 Å². The van der Waals surface area contributed by atoms with Crippen LogP contribution in [0.1, 0.15) is 24.8 Å². The number of carbonyl (C=O) groups is 2. The molecular formula is C17H20FNO4. The highest BCUT2D eigenvalue weighted by molar-refractivity contribution is 5.83. The summed E-state index contributed by atoms with van der Waals surface area (Å²) in [5, 5.41) is 8.93. The van der Waals surface area contributed by atoms with E-state index in [0.717, 1.165) is 18.4 Å². The van der Waals surface area contributed by atoms with Gasteiger partial charge in [0.15, 0.2) is 6.10 Å². The number of hydrogen-bond donors (Lipinski definition) is 1. The van der Waals surface area contributed by atoms with Gasteiger partial charge in [0, 0.05) is 13.1 Å². The number of nitrogens with zero attached hydrogens (tertiary/aromatic N) is 1. The molecule has 23 heavy (non-hydrogen) atoms. The highest BCUT2D eigenvalue weighted by atomic mass is 19.1. The highest BCUT2D eigenvalue weighted by Gasteiger charge is 2.38. The first-order valence-corrected chi connectivity index (χ1v) is 7.94. The van der Waals surface area contributed by atoms with Gasteiger partial charge in [-0.3, -0.25) is 4.79 Å². The van der Waals surface area contributed by atoms with Crippen LogP contribution in [0.3, 0.4) is 0 Å². The van der Waals surface area contributed by atoms with Gasteiger partial charge in [-0.15, -0.1) is 0 Å². The zero-order chi connectivity index (χ0) is 16.4. The molecule has 1 amide bonds. The van der Waals surface area contributed by atoms with E-state index in [1.165, 1.54) is 12.1 Å². The molecule has 0 aliphatic carbocycles. The Hall–Kier alpha value is -1.95. The van der Waals surface area contributed by atoms with E-state index in [1.54, 1.807) is 17.0 Å². The monoisotopic (exact) mass is 321 g/mol. The van der Waals surface area contributed by atoms with E-state index in [1.807, 2.05) is 0 Å². The fourth-order valence-corrected chi connectivity index (χ4v) is 3.36. The SMILES string of the molecule is O=C(O)[C@H]1CC[C@@H](C(=O)N2CCC(Cc3ccc(F)cc3)C2)O1. The number of amides is 1. The predicted molar refractivity (Wildman–Crippen MR) is 80.3 cm³/mol. The third-order valence-electron chi connectivity index (χ3n) is 4.61. The summed E-state index contributed by atoms with van der Waals surface area (Å²) in [6.45, 7) is 1.32. The van der Waals surface area contributed by atoms with Crippen LogP contribution in [0.15, 0.2) is 24.3 Å². The van der Waals surface area contributed by atoms with Crippen molar-refractivity contribution in [3.63, 3.8) is 0 Å². The molecule has 0 aromatic heterocycles. The van der Waals surface area contributed by atoms with Crippen molar-refractivity contribution >= 4 is 11.9 Å². The normalized spacial score (nSPS) is 27.3. The molecule has 0 spiro atoms. The lowest BCUT2D eigenvalue weighted by atomic mass is 9.99. The molecule has 2 aliphatic rings. The molecule has 2 aliphatic heterocycles. The lowest BCUT2D eigenvalue weighted by molar-refractivity contribution is -0.154. The number of rotatable bonds is 4. The number of carboxylic acid groups (broad SMARTS) is 1. The lowest BCUT2D eigenvalue weighted by Gasteiger charge is -2.20. The van der Waals surface area contributed by atoms with Gasteiger partial charge in [-0.05, 0) is 49.3 Å². The summed E-state index contributed by atoms with van der Waals surface area (Å²) in [5.41, 5.74) is 1.06. The Bertz CT molecular complexity index is 589. The summed E-state index contributed by atoms with van der Waals surface area (Å²) >= 11 is 0. The average Bonchev–Trinajstić information content (AvgIpc) is 3.18. The maximum atomic E-state index is 12.9. The van der Waals surface area contributed by atoms with Crippen LogP contribution >= 0.6 is 0 Å². The molecule has 0 radical (unpaired) electrons.